The van der Waals surface area contributed by atoms with Crippen LogP contribution in [0.1, 0.15) is 22.3 Å². The molecule has 0 spiro atoms. The molecule has 0 saturated carbocycles. The number of hydrogen-bond donors (Lipinski definition) is 0. The number of alkyl halides is 1. The molecular formula is C24H29Ac2ClN6-2. The topological polar surface area (TPSA) is 79.9 Å². The van der Waals surface area contributed by atoms with Gasteiger partial charge in [0.2, 0.25) is 5.95 Å². The molecule has 0 amide bonds. The van der Waals surface area contributed by atoms with E-state index in [1.807, 2.05) is 30.3 Å². The average molecular weight is 891 g/mol. The number of benzene rings is 2. The summed E-state index contributed by atoms with van der Waals surface area (Å²) in [6, 6.07) is 18.0. The van der Waals surface area contributed by atoms with Crippen LogP contribution in [0.25, 0.3) is 11.5 Å². The molecule has 2 heterocycles. The Labute approximate surface area is 274 Å². The summed E-state index contributed by atoms with van der Waals surface area (Å²) in [6.45, 7) is 5.67. The van der Waals surface area contributed by atoms with Gasteiger partial charge in [0.1, 0.15) is 0 Å². The van der Waals surface area contributed by atoms with E-state index in [-0.39, 0.29) is 88.1 Å². The molecule has 0 unspecified atom stereocenters. The summed E-state index contributed by atoms with van der Waals surface area (Å²) < 4.78 is 0. The van der Waals surface area contributed by atoms with Gasteiger partial charge in [-0.25, -0.2) is 9.97 Å². The zero-order valence-corrected chi connectivity index (χ0v) is 29.1. The number of aromatic nitrogens is 2. The molecule has 2 radical (unpaired) electrons. The molecule has 0 aliphatic carbocycles. The molecule has 9 heteroatoms. The Kier molecular flexibility index (Phi) is 16.9. The Balaban J connectivity index is 0.000000388. The molecule has 170 valence electrons. The van der Waals surface area contributed by atoms with Crippen LogP contribution in [0.5, 0.6) is 0 Å². The fourth-order valence-corrected chi connectivity index (χ4v) is 3.51. The van der Waals surface area contributed by atoms with E-state index in [1.54, 1.807) is 12.4 Å². The summed E-state index contributed by atoms with van der Waals surface area (Å²) in [5, 5.41) is 0. The molecule has 4 rings (SSSR count). The molecule has 1 aliphatic heterocycles. The average Bonchev–Trinajstić information content (AvgIpc) is 2.86. The molecule has 6 nitrogen and oxygen atoms in total. The van der Waals surface area contributed by atoms with Crippen LogP contribution in [0, 0.1) is 88.1 Å². The van der Waals surface area contributed by atoms with Crippen molar-refractivity contribution in [2.24, 2.45) is 0 Å². The third-order valence-corrected chi connectivity index (χ3v) is 5.53. The second-order valence-corrected chi connectivity index (χ2v) is 7.70. The Morgan fingerprint density at radius 2 is 1.15 bits per heavy atom. The minimum atomic E-state index is 0. The van der Waals surface area contributed by atoms with Gasteiger partial charge in [-0.3, -0.25) is 4.90 Å². The van der Waals surface area contributed by atoms with E-state index in [1.165, 1.54) is 5.56 Å². The van der Waals surface area contributed by atoms with Crippen molar-refractivity contribution in [1.82, 2.24) is 14.9 Å². The molecule has 1 saturated heterocycles. The SMILES string of the molecule is [Ac].[Ac].[NH-]Cc1ccc(CCl)cc1.[NH-]Cc1ccc(CN2CCN(c3ncccn3)CC2)cc1. The fourth-order valence-electron chi connectivity index (χ4n) is 3.33. The van der Waals surface area contributed by atoms with Crippen molar-refractivity contribution in [2.45, 2.75) is 25.5 Å². The van der Waals surface area contributed by atoms with E-state index < -0.39 is 0 Å². The van der Waals surface area contributed by atoms with Gasteiger partial charge in [0.05, 0.1) is 0 Å². The van der Waals surface area contributed by atoms with E-state index in [9.17, 15) is 0 Å². The van der Waals surface area contributed by atoms with E-state index in [2.05, 4.69) is 44.0 Å². The first-order valence-electron chi connectivity index (χ1n) is 10.5. The second kappa shape index (κ2) is 17.7. The molecule has 1 aliphatic rings. The van der Waals surface area contributed by atoms with Crippen molar-refractivity contribution in [2.75, 3.05) is 31.1 Å². The zero-order chi connectivity index (χ0) is 21.9. The quantitative estimate of drug-likeness (QED) is 0.314. The van der Waals surface area contributed by atoms with Gasteiger partial charge in [-0.1, -0.05) is 59.7 Å². The van der Waals surface area contributed by atoms with Gasteiger partial charge in [-0.2, -0.15) is 0 Å². The van der Waals surface area contributed by atoms with Crippen LogP contribution in [-0.4, -0.2) is 41.0 Å². The maximum atomic E-state index is 7.34. The molecule has 3 aromatic rings. The van der Waals surface area contributed by atoms with Crippen molar-refractivity contribution in [3.05, 3.63) is 101 Å². The van der Waals surface area contributed by atoms with Crippen molar-refractivity contribution in [3.63, 3.8) is 0 Å². The van der Waals surface area contributed by atoms with Crippen LogP contribution in [0.4, 0.5) is 5.95 Å². The first-order valence-corrected chi connectivity index (χ1v) is 11.0. The van der Waals surface area contributed by atoms with Gasteiger partial charge in [0.25, 0.3) is 0 Å². The summed E-state index contributed by atoms with van der Waals surface area (Å²) in [5.41, 5.74) is 18.9. The van der Waals surface area contributed by atoms with Gasteiger partial charge in [0.15, 0.2) is 0 Å². The number of hydrogen-bond acceptors (Lipinski definition) is 4. The number of halogens is 1. The Hall–Kier alpha value is 0.373. The molecule has 2 N–H and O–H groups in total. The van der Waals surface area contributed by atoms with E-state index in [4.69, 9.17) is 23.1 Å². The number of nitrogens with zero attached hydrogens (tertiary/aromatic N) is 4. The zero-order valence-electron chi connectivity index (χ0n) is 18.8. The maximum absolute atomic E-state index is 7.34. The molecule has 1 aromatic heterocycles. The maximum Gasteiger partial charge on any atom is 0.225 e. The van der Waals surface area contributed by atoms with Gasteiger partial charge in [0, 0.05) is 139 Å². The van der Waals surface area contributed by atoms with Crippen LogP contribution in [-0.2, 0) is 25.5 Å². The minimum Gasteiger partial charge on any atom is -0.674 e. The van der Waals surface area contributed by atoms with Crippen molar-refractivity contribution in [3.8, 4) is 0 Å². The summed E-state index contributed by atoms with van der Waals surface area (Å²) in [7, 11) is 0. The first-order chi connectivity index (χ1) is 15.2. The normalized spacial score (nSPS) is 13.2. The number of anilines is 1. The monoisotopic (exact) mass is 890 g/mol. The summed E-state index contributed by atoms with van der Waals surface area (Å²) in [6.07, 6.45) is 3.59. The molecule has 0 bridgehead atoms. The predicted octanol–water partition coefficient (Wildman–Crippen LogP) is 5.33. The summed E-state index contributed by atoms with van der Waals surface area (Å²) in [5.74, 6) is 1.38. The van der Waals surface area contributed by atoms with Gasteiger partial charge >= 0.3 is 0 Å². The van der Waals surface area contributed by atoms with E-state index in [0.717, 1.165) is 55.4 Å². The van der Waals surface area contributed by atoms with Gasteiger partial charge in [-0.05, 0) is 17.2 Å². The second-order valence-electron chi connectivity index (χ2n) is 7.43. The van der Waals surface area contributed by atoms with Gasteiger partial charge < -0.3 is 16.4 Å². The van der Waals surface area contributed by atoms with E-state index in [0.29, 0.717) is 19.0 Å². The smallest absolute Gasteiger partial charge is 0.225 e. The summed E-state index contributed by atoms with van der Waals surface area (Å²) in [4.78, 5) is 13.3. The van der Waals surface area contributed by atoms with Crippen molar-refractivity contribution < 1.29 is 88.1 Å². The van der Waals surface area contributed by atoms with Crippen LogP contribution in [0.3, 0.4) is 0 Å². The van der Waals surface area contributed by atoms with Crippen molar-refractivity contribution >= 4 is 17.5 Å². The van der Waals surface area contributed by atoms with Crippen molar-refractivity contribution in [1.29, 1.82) is 0 Å². The third-order valence-electron chi connectivity index (χ3n) is 5.22. The standard InChI is InChI=1S/C16H20N5.C8H9ClN.2Ac/c17-12-14-2-4-15(5-3-14)13-20-8-10-21(11-9-20)16-18-6-1-7-19-16;9-5-7-1-3-8(6-10)4-2-7;;/h1-7,17H,8-13H2;1-4,10H,5-6H2;;/q2*-1;;. The summed E-state index contributed by atoms with van der Waals surface area (Å²) >= 11 is 5.58. The largest absolute Gasteiger partial charge is 0.674 e. The molecule has 1 fully saturated rings. The van der Waals surface area contributed by atoms with Crippen LogP contribution in [0.2, 0.25) is 0 Å². The Morgan fingerprint density at radius 1 is 0.697 bits per heavy atom. The van der Waals surface area contributed by atoms with Crippen LogP contribution >= 0.6 is 11.6 Å². The third kappa shape index (κ3) is 10.9. The Bertz CT molecular complexity index is 866. The first kappa shape index (κ1) is 31.4. The fraction of sp³-hybridized carbons (Fsp3) is 0.333. The van der Waals surface area contributed by atoms with Crippen LogP contribution in [0.15, 0.2) is 67.0 Å². The molecule has 0 atom stereocenters. The molecule has 33 heavy (non-hydrogen) atoms. The number of rotatable bonds is 6. The number of piperazine rings is 1. The molecular weight excluding hydrogens is 862 g/mol. The van der Waals surface area contributed by atoms with E-state index >= 15 is 0 Å². The van der Waals surface area contributed by atoms with Crippen LogP contribution < -0.4 is 4.90 Å². The van der Waals surface area contributed by atoms with Gasteiger partial charge in [-0.15, -0.1) is 24.7 Å². The minimum absolute atomic E-state index is 0. The predicted molar refractivity (Wildman–Crippen MR) is 128 cm³/mol. The Morgan fingerprint density at radius 3 is 1.61 bits per heavy atom. The number of nitrogens with one attached hydrogen (secondary N) is 2. The molecule has 2 aromatic carbocycles.